The average Bonchev–Trinajstić information content (AvgIpc) is 2.70. The van der Waals surface area contributed by atoms with Crippen LogP contribution >= 0.6 is 0 Å². The van der Waals surface area contributed by atoms with E-state index < -0.39 is 0 Å². The van der Waals surface area contributed by atoms with Gasteiger partial charge >= 0.3 is 0 Å². The Bertz CT molecular complexity index is 345. The van der Waals surface area contributed by atoms with Gasteiger partial charge in [0.15, 0.2) is 0 Å². The number of amides is 1. The van der Waals surface area contributed by atoms with Crippen LogP contribution in [0.5, 0.6) is 0 Å². The lowest BCUT2D eigenvalue weighted by Gasteiger charge is -2.18. The van der Waals surface area contributed by atoms with Crippen LogP contribution in [0.3, 0.4) is 0 Å². The minimum absolute atomic E-state index is 0.234. The Morgan fingerprint density at radius 3 is 3.23 bits per heavy atom. The number of fused-ring (bicyclic) bond motifs is 2. The van der Waals surface area contributed by atoms with Gasteiger partial charge in [0, 0.05) is 17.5 Å². The first-order valence-electron chi connectivity index (χ1n) is 4.50. The van der Waals surface area contributed by atoms with Crippen LogP contribution in [-0.2, 0) is 4.79 Å². The van der Waals surface area contributed by atoms with Crippen molar-refractivity contribution in [2.24, 2.45) is 17.6 Å². The summed E-state index contributed by atoms with van der Waals surface area (Å²) >= 11 is 0. The summed E-state index contributed by atoms with van der Waals surface area (Å²) in [5.74, 6) is 0.590. The number of allylic oxidation sites excluding steroid dienone is 3. The molecule has 68 valence electrons. The number of hydrogen-bond donors (Lipinski definition) is 3. The molecular weight excluding hydrogens is 166 g/mol. The third-order valence-corrected chi connectivity index (χ3v) is 3.02. The second-order valence-corrected chi connectivity index (χ2v) is 3.86. The van der Waals surface area contributed by atoms with Crippen molar-refractivity contribution in [2.45, 2.75) is 12.5 Å². The van der Waals surface area contributed by atoms with E-state index in [0.29, 0.717) is 5.92 Å². The summed E-state index contributed by atoms with van der Waals surface area (Å²) in [4.78, 5) is 11.1. The lowest BCUT2D eigenvalue weighted by Crippen LogP contribution is -2.43. The molecule has 0 aromatic rings. The van der Waals surface area contributed by atoms with E-state index in [0.717, 1.165) is 12.1 Å². The number of hydrogen-bond acceptors (Lipinski definition) is 3. The van der Waals surface area contributed by atoms with Gasteiger partial charge in [0.25, 0.3) is 0 Å². The van der Waals surface area contributed by atoms with Gasteiger partial charge in [0.1, 0.15) is 6.04 Å². The second kappa shape index (κ2) is 2.14. The largest absolute Gasteiger partial charge is 0.368 e. The molecule has 2 aliphatic carbocycles. The van der Waals surface area contributed by atoms with Crippen LogP contribution in [0.2, 0.25) is 0 Å². The lowest BCUT2D eigenvalue weighted by atomic mass is 9.87. The van der Waals surface area contributed by atoms with Crippen molar-refractivity contribution in [3.05, 3.63) is 23.4 Å². The van der Waals surface area contributed by atoms with Crippen molar-refractivity contribution in [2.75, 3.05) is 0 Å². The molecule has 4 heteroatoms. The molecule has 3 aliphatic rings. The van der Waals surface area contributed by atoms with E-state index in [1.165, 1.54) is 5.57 Å². The fourth-order valence-corrected chi connectivity index (χ4v) is 2.21. The van der Waals surface area contributed by atoms with Gasteiger partial charge in [-0.1, -0.05) is 6.08 Å². The van der Waals surface area contributed by atoms with Crippen molar-refractivity contribution in [1.29, 1.82) is 0 Å². The van der Waals surface area contributed by atoms with Gasteiger partial charge in [0.05, 0.1) is 0 Å². The highest BCUT2D eigenvalue weighted by Gasteiger charge is 2.42. The van der Waals surface area contributed by atoms with Gasteiger partial charge < -0.3 is 11.2 Å². The van der Waals surface area contributed by atoms with Gasteiger partial charge in [-0.2, -0.15) is 0 Å². The Hall–Kier alpha value is -1.29. The topological polar surface area (TPSA) is 67.2 Å². The van der Waals surface area contributed by atoms with E-state index >= 15 is 0 Å². The van der Waals surface area contributed by atoms with Crippen LogP contribution in [0.1, 0.15) is 6.42 Å². The minimum atomic E-state index is -0.273. The predicted octanol–water partition coefficient (Wildman–Crippen LogP) is -0.592. The standard InChI is InChI=1S/C9H11N3O/c10-9(13)8-6-2-4-1-5(4)3-7(6)11-12-8/h1,3-4,6,8,11-12H,2H2,(H2,10,13). The maximum Gasteiger partial charge on any atom is 0.237 e. The van der Waals surface area contributed by atoms with Crippen LogP contribution in [0.15, 0.2) is 23.4 Å². The van der Waals surface area contributed by atoms with E-state index in [-0.39, 0.29) is 17.9 Å². The molecule has 1 aliphatic heterocycles. The Labute approximate surface area is 75.8 Å². The van der Waals surface area contributed by atoms with Gasteiger partial charge in [-0.15, -0.1) is 0 Å². The SMILES string of the molecule is NC(=O)C1NNC2=CC3=CC3CC21. The summed E-state index contributed by atoms with van der Waals surface area (Å²) in [6.07, 6.45) is 5.37. The molecule has 0 radical (unpaired) electrons. The quantitative estimate of drug-likeness (QED) is 0.501. The number of nitrogens with two attached hydrogens (primary N) is 1. The first-order chi connectivity index (χ1) is 6.25. The van der Waals surface area contributed by atoms with Gasteiger partial charge in [-0.3, -0.25) is 4.79 Å². The first-order valence-corrected chi connectivity index (χ1v) is 4.50. The summed E-state index contributed by atoms with van der Waals surface area (Å²) in [5, 5.41) is 0. The lowest BCUT2D eigenvalue weighted by molar-refractivity contribution is -0.120. The van der Waals surface area contributed by atoms with Crippen LogP contribution in [0.25, 0.3) is 0 Å². The molecule has 3 unspecified atom stereocenters. The van der Waals surface area contributed by atoms with Gasteiger partial charge in [-0.25, -0.2) is 5.43 Å². The molecule has 0 bridgehead atoms. The molecule has 0 aromatic heterocycles. The zero-order chi connectivity index (χ0) is 9.00. The maximum atomic E-state index is 11.1. The van der Waals surface area contributed by atoms with Crippen molar-refractivity contribution in [1.82, 2.24) is 10.9 Å². The number of carbonyl (C=O) groups is 1. The Morgan fingerprint density at radius 2 is 2.46 bits per heavy atom. The second-order valence-electron chi connectivity index (χ2n) is 3.86. The molecule has 4 N–H and O–H groups in total. The molecule has 1 heterocycles. The fraction of sp³-hybridized carbons (Fsp3) is 0.444. The summed E-state index contributed by atoms with van der Waals surface area (Å²) in [5.41, 5.74) is 13.7. The highest BCUT2D eigenvalue weighted by molar-refractivity contribution is 5.81. The summed E-state index contributed by atoms with van der Waals surface area (Å²) < 4.78 is 0. The molecule has 4 nitrogen and oxygen atoms in total. The molecule has 0 spiro atoms. The smallest absolute Gasteiger partial charge is 0.237 e. The maximum absolute atomic E-state index is 11.1. The van der Waals surface area contributed by atoms with Crippen LogP contribution < -0.4 is 16.6 Å². The number of hydrazine groups is 1. The number of nitrogens with one attached hydrogen (secondary N) is 2. The molecule has 1 fully saturated rings. The predicted molar refractivity (Wildman–Crippen MR) is 47.0 cm³/mol. The third-order valence-electron chi connectivity index (χ3n) is 3.02. The van der Waals surface area contributed by atoms with Crippen LogP contribution in [0.4, 0.5) is 0 Å². The fourth-order valence-electron chi connectivity index (χ4n) is 2.21. The van der Waals surface area contributed by atoms with Gasteiger partial charge in [0.2, 0.25) is 5.91 Å². The van der Waals surface area contributed by atoms with E-state index in [4.69, 9.17) is 5.73 Å². The van der Waals surface area contributed by atoms with Crippen LogP contribution in [-0.4, -0.2) is 11.9 Å². The van der Waals surface area contributed by atoms with Crippen molar-refractivity contribution in [3.8, 4) is 0 Å². The minimum Gasteiger partial charge on any atom is -0.368 e. The Balaban J connectivity index is 1.90. The monoisotopic (exact) mass is 177 g/mol. The Morgan fingerprint density at radius 1 is 1.62 bits per heavy atom. The third kappa shape index (κ3) is 0.920. The molecular formula is C9H11N3O. The zero-order valence-corrected chi connectivity index (χ0v) is 7.08. The van der Waals surface area contributed by atoms with E-state index in [1.807, 2.05) is 0 Å². The summed E-state index contributed by atoms with van der Waals surface area (Å²) in [7, 11) is 0. The molecule has 1 amide bonds. The van der Waals surface area contributed by atoms with Crippen molar-refractivity contribution < 1.29 is 4.79 Å². The first kappa shape index (κ1) is 7.15. The molecule has 0 saturated carbocycles. The van der Waals surface area contributed by atoms with E-state index in [9.17, 15) is 4.79 Å². The number of carbonyl (C=O) groups excluding carboxylic acids is 1. The highest BCUT2D eigenvalue weighted by atomic mass is 16.1. The molecule has 3 atom stereocenters. The molecule has 3 rings (SSSR count). The van der Waals surface area contributed by atoms with Gasteiger partial charge in [-0.05, 0) is 18.1 Å². The molecule has 13 heavy (non-hydrogen) atoms. The van der Waals surface area contributed by atoms with Crippen molar-refractivity contribution >= 4 is 5.91 Å². The Kier molecular flexibility index (Phi) is 1.18. The average molecular weight is 177 g/mol. The number of rotatable bonds is 1. The summed E-state index contributed by atoms with van der Waals surface area (Å²) in [6.45, 7) is 0. The normalized spacial score (nSPS) is 39.5. The van der Waals surface area contributed by atoms with E-state index in [1.54, 1.807) is 0 Å². The summed E-state index contributed by atoms with van der Waals surface area (Å²) in [6, 6.07) is -0.234. The molecule has 0 aromatic carbocycles. The van der Waals surface area contributed by atoms with Crippen LogP contribution in [0, 0.1) is 11.8 Å². The van der Waals surface area contributed by atoms with Crippen molar-refractivity contribution in [3.63, 3.8) is 0 Å². The van der Waals surface area contributed by atoms with E-state index in [2.05, 4.69) is 23.0 Å². The zero-order valence-electron chi connectivity index (χ0n) is 7.08. The highest BCUT2D eigenvalue weighted by Crippen LogP contribution is 2.44. The number of primary amides is 1. The molecule has 1 saturated heterocycles.